The van der Waals surface area contributed by atoms with Gasteiger partial charge in [-0.25, -0.2) is 9.79 Å². The van der Waals surface area contributed by atoms with Gasteiger partial charge in [-0.2, -0.15) is 12.6 Å². The van der Waals surface area contributed by atoms with Gasteiger partial charge in [0, 0.05) is 76.8 Å². The molecule has 0 aliphatic carbocycles. The molecule has 3 aliphatic rings. The number of allylic oxidation sites excluding steroid dienone is 2. The van der Waals surface area contributed by atoms with Gasteiger partial charge in [-0.3, -0.25) is 14.4 Å². The zero-order chi connectivity index (χ0) is 32.0. The second kappa shape index (κ2) is 12.3. The number of nitrogens with one attached hydrogen (secondary N) is 3. The predicted molar refractivity (Wildman–Crippen MR) is 170 cm³/mol. The van der Waals surface area contributed by atoms with Gasteiger partial charge >= 0.3 is 11.9 Å². The Kier molecular flexibility index (Phi) is 8.80. The molecule has 4 atom stereocenters. The number of carboxylic acids is 1. The Balaban J connectivity index is 1.54. The molecule has 0 aromatic carbocycles. The largest absolute Gasteiger partial charge is 0.481 e. The lowest BCUT2D eigenvalue weighted by Gasteiger charge is -2.17. The molecule has 2 aromatic rings. The van der Waals surface area contributed by atoms with Crippen LogP contribution in [-0.4, -0.2) is 55.9 Å². The van der Waals surface area contributed by atoms with Crippen LogP contribution in [0.4, 0.5) is 0 Å². The number of rotatable bonds is 12. The van der Waals surface area contributed by atoms with E-state index in [2.05, 4.69) is 32.9 Å². The quantitative estimate of drug-likeness (QED) is 0.176. The average molecular weight is 621 g/mol. The minimum atomic E-state index is -0.884. The van der Waals surface area contributed by atoms with E-state index in [1.165, 1.54) is 0 Å². The number of thiol groups is 1. The SMILES string of the molecule is CCC1=C(C)C(Cc2[nH]c(Cc3[nH]c(/C=C4\NC(=O)[C@H](C)[C@H]4C(C)S)c(C)c3C[C@H]3OC3=O)c(CCC(=O)O)c2C)=NC1=O. The van der Waals surface area contributed by atoms with Crippen LogP contribution in [0.2, 0.25) is 0 Å². The van der Waals surface area contributed by atoms with Crippen molar-refractivity contribution in [1.82, 2.24) is 15.3 Å². The van der Waals surface area contributed by atoms with Crippen LogP contribution in [-0.2, 0) is 49.6 Å². The molecule has 0 radical (unpaired) electrons. The third-order valence-corrected chi connectivity index (χ3v) is 9.67. The highest BCUT2D eigenvalue weighted by molar-refractivity contribution is 7.80. The zero-order valence-electron chi connectivity index (χ0n) is 26.0. The lowest BCUT2D eigenvalue weighted by Crippen LogP contribution is -2.19. The van der Waals surface area contributed by atoms with Crippen molar-refractivity contribution in [1.29, 1.82) is 0 Å². The summed E-state index contributed by atoms with van der Waals surface area (Å²) in [6.45, 7) is 11.7. The number of aliphatic imine (C=N–C) groups is 1. The first-order chi connectivity index (χ1) is 20.8. The topological polar surface area (TPSA) is 157 Å². The third kappa shape index (κ3) is 6.06. The van der Waals surface area contributed by atoms with E-state index in [0.717, 1.165) is 67.6 Å². The number of aliphatic carboxylic acids is 1. The molecule has 0 saturated carbocycles. The van der Waals surface area contributed by atoms with E-state index in [1.807, 2.05) is 47.6 Å². The van der Waals surface area contributed by atoms with Crippen molar-refractivity contribution in [2.24, 2.45) is 16.8 Å². The summed E-state index contributed by atoms with van der Waals surface area (Å²) < 4.78 is 5.17. The molecule has 2 amide bonds. The van der Waals surface area contributed by atoms with Gasteiger partial charge < -0.3 is 25.1 Å². The molecular formula is C33H40N4O6S. The van der Waals surface area contributed by atoms with Crippen molar-refractivity contribution >= 4 is 48.2 Å². The number of carboxylic acid groups (broad SMARTS) is 1. The lowest BCUT2D eigenvalue weighted by molar-refractivity contribution is -0.137. The first-order valence-corrected chi connectivity index (χ1v) is 15.7. The highest BCUT2D eigenvalue weighted by Crippen LogP contribution is 2.35. The highest BCUT2D eigenvalue weighted by Gasteiger charge is 2.40. The molecule has 44 heavy (non-hydrogen) atoms. The Morgan fingerprint density at radius 2 is 1.75 bits per heavy atom. The minimum Gasteiger partial charge on any atom is -0.481 e. The number of aromatic nitrogens is 2. The summed E-state index contributed by atoms with van der Waals surface area (Å²) >= 11 is 4.65. The summed E-state index contributed by atoms with van der Waals surface area (Å²) in [5, 5.41) is 12.5. The number of H-pyrrole nitrogens is 2. The number of amides is 2. The van der Waals surface area contributed by atoms with Gasteiger partial charge in [0.15, 0.2) is 0 Å². The van der Waals surface area contributed by atoms with Crippen LogP contribution in [0.1, 0.15) is 85.6 Å². The number of hydrogen-bond donors (Lipinski definition) is 5. The fraction of sp³-hybridized carbons (Fsp3) is 0.485. The summed E-state index contributed by atoms with van der Waals surface area (Å²) in [5.41, 5.74) is 10.4. The molecular weight excluding hydrogens is 580 g/mol. The van der Waals surface area contributed by atoms with Crippen LogP contribution in [0, 0.1) is 25.7 Å². The number of carbonyl (C=O) groups is 4. The van der Waals surface area contributed by atoms with Crippen LogP contribution < -0.4 is 5.32 Å². The van der Waals surface area contributed by atoms with Gasteiger partial charge in [-0.15, -0.1) is 0 Å². The summed E-state index contributed by atoms with van der Waals surface area (Å²) in [4.78, 5) is 59.8. The second-order valence-electron chi connectivity index (χ2n) is 12.1. The number of cyclic esters (lactones) is 1. The zero-order valence-corrected chi connectivity index (χ0v) is 26.9. The first kappa shape index (κ1) is 31.6. The molecule has 1 unspecified atom stereocenters. The maximum atomic E-state index is 12.5. The number of ether oxygens (including phenoxy) is 1. The van der Waals surface area contributed by atoms with Crippen LogP contribution in [0.3, 0.4) is 0 Å². The Bertz CT molecular complexity index is 1660. The lowest BCUT2D eigenvalue weighted by atomic mass is 9.91. The predicted octanol–water partition coefficient (Wildman–Crippen LogP) is 4.33. The summed E-state index contributed by atoms with van der Waals surface area (Å²) in [6, 6.07) is 0. The molecule has 2 saturated heterocycles. The van der Waals surface area contributed by atoms with Gasteiger partial charge in [0.1, 0.15) is 0 Å². The standard InChI is InChI=1S/C33H40N4O6S/c1-7-19-14(2)24(36-32(19)41)11-22-15(3)20(8-9-29(38)39)25(34-22)13-26-21(10-28-33(42)43-28)16(4)23(35-26)12-27-30(18(6)44)17(5)31(40)37-27/h12,17-18,28,30,34-35,44H,7-11,13H2,1-6H3,(H,37,40)(H,38,39)/b27-12-/t17-,18?,28-,30+/m1/s1. The van der Waals surface area contributed by atoms with Crippen LogP contribution in [0.25, 0.3) is 6.08 Å². The normalized spacial score (nSPS) is 23.0. The molecule has 2 fully saturated rings. The molecule has 5 rings (SSSR count). The number of epoxide rings is 1. The van der Waals surface area contributed by atoms with Crippen molar-refractivity contribution in [2.45, 2.75) is 91.4 Å². The van der Waals surface area contributed by atoms with E-state index in [9.17, 15) is 24.3 Å². The van der Waals surface area contributed by atoms with E-state index < -0.39 is 12.1 Å². The Morgan fingerprint density at radius 3 is 2.34 bits per heavy atom. The Labute approximate surface area is 262 Å². The second-order valence-corrected chi connectivity index (χ2v) is 13.0. The van der Waals surface area contributed by atoms with E-state index in [4.69, 9.17) is 4.74 Å². The molecule has 234 valence electrons. The summed E-state index contributed by atoms with van der Waals surface area (Å²) in [6.07, 6.45) is 3.69. The van der Waals surface area contributed by atoms with Crippen molar-refractivity contribution in [3.05, 3.63) is 61.9 Å². The smallest absolute Gasteiger partial charge is 0.348 e. The Hall–Kier alpha value is -3.86. The van der Waals surface area contributed by atoms with E-state index in [0.29, 0.717) is 32.1 Å². The van der Waals surface area contributed by atoms with Gasteiger partial charge in [-0.1, -0.05) is 20.8 Å². The van der Waals surface area contributed by atoms with Crippen molar-refractivity contribution in [3.8, 4) is 0 Å². The first-order valence-electron chi connectivity index (χ1n) is 15.1. The number of hydrogen-bond acceptors (Lipinski definition) is 6. The molecule has 11 heteroatoms. The van der Waals surface area contributed by atoms with E-state index in [-0.39, 0.29) is 41.3 Å². The molecule has 0 spiro atoms. The van der Waals surface area contributed by atoms with Gasteiger partial charge in [0.25, 0.3) is 5.91 Å². The average Bonchev–Trinajstić information content (AvgIpc) is 3.14. The van der Waals surface area contributed by atoms with Crippen LogP contribution >= 0.6 is 12.6 Å². The molecule has 2 aromatic heterocycles. The molecule has 5 heterocycles. The maximum Gasteiger partial charge on any atom is 0.348 e. The maximum absolute atomic E-state index is 12.5. The number of nitrogens with zero attached hydrogens (tertiary/aromatic N) is 1. The number of aromatic amines is 2. The van der Waals surface area contributed by atoms with Gasteiger partial charge in [0.2, 0.25) is 12.0 Å². The molecule has 3 aliphatic heterocycles. The van der Waals surface area contributed by atoms with Gasteiger partial charge in [0.05, 0.1) is 5.71 Å². The Morgan fingerprint density at radius 1 is 1.07 bits per heavy atom. The molecule has 0 bridgehead atoms. The highest BCUT2D eigenvalue weighted by atomic mass is 32.1. The van der Waals surface area contributed by atoms with E-state index in [1.54, 1.807) is 0 Å². The fourth-order valence-electron chi connectivity index (χ4n) is 6.65. The number of carbonyl (C=O) groups excluding carboxylic acids is 3. The summed E-state index contributed by atoms with van der Waals surface area (Å²) in [7, 11) is 0. The van der Waals surface area contributed by atoms with Crippen LogP contribution in [0.15, 0.2) is 21.8 Å². The van der Waals surface area contributed by atoms with Crippen molar-refractivity contribution < 1.29 is 29.0 Å². The third-order valence-electron chi connectivity index (χ3n) is 9.35. The van der Waals surface area contributed by atoms with Crippen molar-refractivity contribution in [2.75, 3.05) is 0 Å². The van der Waals surface area contributed by atoms with E-state index >= 15 is 0 Å². The summed E-state index contributed by atoms with van der Waals surface area (Å²) in [5.74, 6) is -1.62. The van der Waals surface area contributed by atoms with Gasteiger partial charge in [-0.05, 0) is 67.5 Å². The van der Waals surface area contributed by atoms with Crippen molar-refractivity contribution in [3.63, 3.8) is 0 Å². The monoisotopic (exact) mass is 620 g/mol. The molecule has 4 N–H and O–H groups in total. The fourth-order valence-corrected chi connectivity index (χ4v) is 7.06. The van der Waals surface area contributed by atoms with Crippen LogP contribution in [0.5, 0.6) is 0 Å². The molecule has 10 nitrogen and oxygen atoms in total. The minimum absolute atomic E-state index is 0.0248.